The van der Waals surface area contributed by atoms with E-state index in [1.165, 1.54) is 0 Å². The van der Waals surface area contributed by atoms with Gasteiger partial charge in [-0.3, -0.25) is 9.59 Å². The van der Waals surface area contributed by atoms with Crippen molar-refractivity contribution in [2.24, 2.45) is 5.73 Å². The molecule has 0 aliphatic carbocycles. The van der Waals surface area contributed by atoms with E-state index in [2.05, 4.69) is 40.2 Å². The number of carbonyl (C=O) groups is 1. The summed E-state index contributed by atoms with van der Waals surface area (Å²) in [5, 5.41) is 1.97. The smallest absolute Gasteiger partial charge is 0.252 e. The van der Waals surface area contributed by atoms with Crippen LogP contribution in [0.25, 0.3) is 11.1 Å². The number of anilines is 2. The topological polar surface area (TPSA) is 111 Å². The van der Waals surface area contributed by atoms with Crippen LogP contribution in [0.5, 0.6) is 0 Å². The lowest BCUT2D eigenvalue weighted by Gasteiger charge is -2.33. The SMILES string of the molecule is CCCc1cc(C)[nH]c(=O)c1CN1Cc2c(cc(-c3ccc(N4CCN(C)CC4)nc3)cc2C(N)=O)N1. The van der Waals surface area contributed by atoms with E-state index in [1.54, 1.807) is 0 Å². The number of primary amides is 1. The Labute approximate surface area is 217 Å². The van der Waals surface area contributed by atoms with Crippen LogP contribution in [0, 0.1) is 6.92 Å². The van der Waals surface area contributed by atoms with Crippen LogP contribution in [-0.4, -0.2) is 59.0 Å². The van der Waals surface area contributed by atoms with Crippen LogP contribution in [0.15, 0.2) is 41.3 Å². The maximum absolute atomic E-state index is 12.8. The highest BCUT2D eigenvalue weighted by Crippen LogP contribution is 2.35. The van der Waals surface area contributed by atoms with E-state index >= 15 is 0 Å². The molecular weight excluding hydrogens is 466 g/mol. The first-order valence-corrected chi connectivity index (χ1v) is 12.9. The lowest BCUT2D eigenvalue weighted by molar-refractivity contribution is 0.0999. The van der Waals surface area contributed by atoms with Gasteiger partial charge >= 0.3 is 0 Å². The van der Waals surface area contributed by atoms with E-state index in [9.17, 15) is 9.59 Å². The number of nitrogens with zero attached hydrogens (tertiary/aromatic N) is 4. The molecule has 1 amide bonds. The maximum atomic E-state index is 12.8. The van der Waals surface area contributed by atoms with Crippen molar-refractivity contribution in [2.45, 2.75) is 39.8 Å². The molecule has 0 bridgehead atoms. The number of nitrogens with one attached hydrogen (secondary N) is 2. The van der Waals surface area contributed by atoms with E-state index < -0.39 is 5.91 Å². The number of fused-ring (bicyclic) bond motifs is 1. The zero-order valence-electron chi connectivity index (χ0n) is 21.8. The number of pyridine rings is 2. The molecule has 2 aliphatic rings. The third-order valence-corrected chi connectivity index (χ3v) is 7.28. The fraction of sp³-hybridized carbons (Fsp3) is 0.393. The normalized spacial score (nSPS) is 16.0. The summed E-state index contributed by atoms with van der Waals surface area (Å²) in [7, 11) is 2.14. The van der Waals surface area contributed by atoms with Crippen molar-refractivity contribution >= 4 is 17.4 Å². The number of aromatic nitrogens is 2. The molecule has 3 aromatic rings. The van der Waals surface area contributed by atoms with E-state index in [-0.39, 0.29) is 5.56 Å². The Morgan fingerprint density at radius 3 is 2.57 bits per heavy atom. The molecule has 4 N–H and O–H groups in total. The Balaban J connectivity index is 1.40. The number of hydrazine groups is 1. The minimum absolute atomic E-state index is 0.0662. The summed E-state index contributed by atoms with van der Waals surface area (Å²) in [5.74, 6) is 0.493. The van der Waals surface area contributed by atoms with E-state index in [1.807, 2.05) is 42.4 Å². The zero-order valence-corrected chi connectivity index (χ0v) is 21.8. The number of likely N-dealkylation sites (N-methyl/N-ethyl adjacent to an activating group) is 1. The van der Waals surface area contributed by atoms with E-state index in [0.29, 0.717) is 18.7 Å². The maximum Gasteiger partial charge on any atom is 0.252 e. The fourth-order valence-electron chi connectivity index (χ4n) is 5.25. The lowest BCUT2D eigenvalue weighted by atomic mass is 9.98. The Hall–Kier alpha value is -3.69. The van der Waals surface area contributed by atoms with Crippen molar-refractivity contribution in [3.8, 4) is 11.1 Å². The van der Waals surface area contributed by atoms with Gasteiger partial charge in [-0.15, -0.1) is 0 Å². The van der Waals surface area contributed by atoms with Crippen LogP contribution in [-0.2, 0) is 19.5 Å². The van der Waals surface area contributed by atoms with Crippen molar-refractivity contribution in [3.63, 3.8) is 0 Å². The number of carbonyl (C=O) groups excluding carboxylic acids is 1. The molecule has 37 heavy (non-hydrogen) atoms. The van der Waals surface area contributed by atoms with Crippen LogP contribution in [0.1, 0.15) is 46.1 Å². The molecule has 0 spiro atoms. The second kappa shape index (κ2) is 10.4. The molecule has 1 aromatic carbocycles. The third kappa shape index (κ3) is 5.23. The predicted octanol–water partition coefficient (Wildman–Crippen LogP) is 2.89. The molecule has 2 aromatic heterocycles. The molecule has 9 nitrogen and oxygen atoms in total. The number of hydrogen-bond acceptors (Lipinski definition) is 7. The van der Waals surface area contributed by atoms with Crippen LogP contribution < -0.4 is 21.6 Å². The first-order valence-electron chi connectivity index (χ1n) is 12.9. The monoisotopic (exact) mass is 501 g/mol. The van der Waals surface area contributed by atoms with Gasteiger partial charge in [0.05, 0.1) is 5.69 Å². The highest BCUT2D eigenvalue weighted by atomic mass is 16.1. The van der Waals surface area contributed by atoms with Gasteiger partial charge in [-0.25, -0.2) is 9.99 Å². The van der Waals surface area contributed by atoms with Crippen molar-refractivity contribution in [2.75, 3.05) is 43.6 Å². The van der Waals surface area contributed by atoms with E-state index in [0.717, 1.165) is 84.0 Å². The summed E-state index contributed by atoms with van der Waals surface area (Å²) >= 11 is 0. The summed E-state index contributed by atoms with van der Waals surface area (Å²) in [6.07, 6.45) is 3.66. The van der Waals surface area contributed by atoms with Gasteiger partial charge in [0.15, 0.2) is 0 Å². The van der Waals surface area contributed by atoms with Gasteiger partial charge in [-0.2, -0.15) is 0 Å². The molecule has 0 atom stereocenters. The number of rotatable bonds is 7. The summed E-state index contributed by atoms with van der Waals surface area (Å²) in [6.45, 7) is 8.87. The standard InChI is InChI=1S/C28H35N7O2/c1-4-5-19-12-18(2)31-28(37)23(19)16-35-17-24-22(27(29)36)13-21(14-25(24)32-35)20-6-7-26(30-15-20)34-10-8-33(3)9-11-34/h6-7,12-15,32H,4-5,8-11,16-17H2,1-3H3,(H2,29,36)(H,31,37). The molecule has 194 valence electrons. The Kier molecular flexibility index (Phi) is 6.99. The van der Waals surface area contributed by atoms with Crippen molar-refractivity contribution < 1.29 is 4.79 Å². The molecule has 0 saturated carbocycles. The fourth-order valence-corrected chi connectivity index (χ4v) is 5.25. The number of benzene rings is 1. The van der Waals surface area contributed by atoms with E-state index in [4.69, 9.17) is 10.7 Å². The number of amides is 1. The molecule has 2 aliphatic heterocycles. The summed E-state index contributed by atoms with van der Waals surface area (Å²) in [4.78, 5) is 37.4. The van der Waals surface area contributed by atoms with Crippen LogP contribution >= 0.6 is 0 Å². The number of H-pyrrole nitrogens is 1. The summed E-state index contributed by atoms with van der Waals surface area (Å²) in [6, 6.07) is 10.0. The molecular formula is C28H35N7O2. The number of aryl methyl sites for hydroxylation is 2. The first kappa shape index (κ1) is 25.0. The Morgan fingerprint density at radius 2 is 1.89 bits per heavy atom. The van der Waals surface area contributed by atoms with Crippen LogP contribution in [0.4, 0.5) is 11.5 Å². The number of hydrogen-bond donors (Lipinski definition) is 3. The average molecular weight is 502 g/mol. The Bertz CT molecular complexity index is 1360. The van der Waals surface area contributed by atoms with Gasteiger partial charge in [-0.05, 0) is 61.9 Å². The molecule has 4 heterocycles. The van der Waals surface area contributed by atoms with Gasteiger partial charge in [0.1, 0.15) is 5.82 Å². The predicted molar refractivity (Wildman–Crippen MR) is 147 cm³/mol. The largest absolute Gasteiger partial charge is 0.366 e. The summed E-state index contributed by atoms with van der Waals surface area (Å²) < 4.78 is 0. The lowest BCUT2D eigenvalue weighted by Crippen LogP contribution is -2.44. The molecule has 0 radical (unpaired) electrons. The Morgan fingerprint density at radius 1 is 1.11 bits per heavy atom. The molecule has 0 unspecified atom stereocenters. The van der Waals surface area contributed by atoms with Gasteiger partial charge in [0.25, 0.3) is 5.56 Å². The third-order valence-electron chi connectivity index (χ3n) is 7.28. The average Bonchev–Trinajstić information content (AvgIpc) is 3.29. The van der Waals surface area contributed by atoms with Gasteiger partial charge in [-0.1, -0.05) is 13.3 Å². The van der Waals surface area contributed by atoms with Crippen LogP contribution in [0.3, 0.4) is 0 Å². The highest BCUT2D eigenvalue weighted by Gasteiger charge is 2.26. The minimum Gasteiger partial charge on any atom is -0.366 e. The molecule has 9 heteroatoms. The number of piperazine rings is 1. The first-order chi connectivity index (χ1) is 17.8. The van der Waals surface area contributed by atoms with Crippen molar-refractivity contribution in [1.82, 2.24) is 19.9 Å². The minimum atomic E-state index is -0.469. The van der Waals surface area contributed by atoms with Gasteiger partial charge in [0, 0.05) is 73.4 Å². The quantitative estimate of drug-likeness (QED) is 0.457. The van der Waals surface area contributed by atoms with Crippen molar-refractivity contribution in [3.05, 3.63) is 74.8 Å². The van der Waals surface area contributed by atoms with Gasteiger partial charge in [0.2, 0.25) is 5.91 Å². The summed E-state index contributed by atoms with van der Waals surface area (Å²) in [5.41, 5.74) is 15.8. The zero-order chi connectivity index (χ0) is 26.1. The molecule has 5 rings (SSSR count). The highest BCUT2D eigenvalue weighted by molar-refractivity contribution is 5.98. The molecule has 1 saturated heterocycles. The molecule has 1 fully saturated rings. The second-order valence-corrected chi connectivity index (χ2v) is 10.1. The van der Waals surface area contributed by atoms with Gasteiger partial charge < -0.3 is 25.9 Å². The number of aromatic amines is 1. The van der Waals surface area contributed by atoms with Crippen LogP contribution in [0.2, 0.25) is 0 Å². The number of nitrogens with two attached hydrogens (primary N) is 1. The van der Waals surface area contributed by atoms with Crippen molar-refractivity contribution in [1.29, 1.82) is 0 Å². The second-order valence-electron chi connectivity index (χ2n) is 10.1.